The van der Waals surface area contributed by atoms with Crippen LogP contribution in [0, 0.1) is 0 Å². The van der Waals surface area contributed by atoms with Gasteiger partial charge in [-0.3, -0.25) is 0 Å². The molecule has 0 fully saturated rings. The molecule has 0 bridgehead atoms. The summed E-state index contributed by atoms with van der Waals surface area (Å²) in [7, 11) is 1.63. The minimum absolute atomic E-state index is 0.426. The summed E-state index contributed by atoms with van der Waals surface area (Å²) < 4.78 is 42.3. The fourth-order valence-corrected chi connectivity index (χ4v) is 1.57. The zero-order valence-electron chi connectivity index (χ0n) is 10.9. The minimum atomic E-state index is -4.28. The Kier molecular flexibility index (Phi) is 6.83. The number of alkyl halides is 3. The van der Waals surface area contributed by atoms with Crippen LogP contribution in [0.2, 0.25) is 0 Å². The van der Waals surface area contributed by atoms with Crippen LogP contribution in [-0.2, 0) is 17.5 Å². The molecule has 0 spiro atoms. The van der Waals surface area contributed by atoms with E-state index in [2.05, 4.69) is 10.6 Å². The lowest BCUT2D eigenvalue weighted by Gasteiger charge is -2.10. The van der Waals surface area contributed by atoms with Crippen LogP contribution in [0.3, 0.4) is 0 Å². The molecular formula is C13H19F3N2O. The van der Waals surface area contributed by atoms with Crippen molar-refractivity contribution in [3.8, 4) is 0 Å². The van der Waals surface area contributed by atoms with Gasteiger partial charge in [0.25, 0.3) is 0 Å². The normalized spacial score (nSPS) is 11.8. The standard InChI is InChI=1S/C13H19F3N2O/c1-19-8-7-17-5-6-18-10-11-3-2-4-12(9-11)13(14,15)16/h2-4,9,17-18H,5-8,10H2,1H3. The zero-order chi connectivity index (χ0) is 14.1. The van der Waals surface area contributed by atoms with Gasteiger partial charge in [-0.05, 0) is 11.6 Å². The molecule has 1 aromatic rings. The zero-order valence-corrected chi connectivity index (χ0v) is 10.9. The van der Waals surface area contributed by atoms with Crippen LogP contribution in [-0.4, -0.2) is 33.4 Å². The number of halogens is 3. The molecule has 3 nitrogen and oxygen atoms in total. The fraction of sp³-hybridized carbons (Fsp3) is 0.538. The van der Waals surface area contributed by atoms with Crippen molar-refractivity contribution in [2.24, 2.45) is 0 Å². The first kappa shape index (κ1) is 15.9. The van der Waals surface area contributed by atoms with Crippen molar-refractivity contribution in [1.82, 2.24) is 10.6 Å². The van der Waals surface area contributed by atoms with Crippen LogP contribution < -0.4 is 10.6 Å². The van der Waals surface area contributed by atoms with Crippen LogP contribution in [0.25, 0.3) is 0 Å². The summed E-state index contributed by atoms with van der Waals surface area (Å²) in [6, 6.07) is 5.36. The van der Waals surface area contributed by atoms with Crippen LogP contribution in [0.1, 0.15) is 11.1 Å². The maximum atomic E-state index is 12.5. The molecule has 0 saturated heterocycles. The summed E-state index contributed by atoms with van der Waals surface area (Å²) in [5.74, 6) is 0. The maximum Gasteiger partial charge on any atom is 0.416 e. The summed E-state index contributed by atoms with van der Waals surface area (Å²) in [5, 5.41) is 6.23. The number of ether oxygens (including phenoxy) is 1. The van der Waals surface area contributed by atoms with Crippen LogP contribution in [0.5, 0.6) is 0 Å². The largest absolute Gasteiger partial charge is 0.416 e. The van der Waals surface area contributed by atoms with Crippen molar-refractivity contribution in [2.75, 3.05) is 33.4 Å². The van der Waals surface area contributed by atoms with Crippen molar-refractivity contribution >= 4 is 0 Å². The van der Waals surface area contributed by atoms with Gasteiger partial charge in [-0.1, -0.05) is 18.2 Å². The highest BCUT2D eigenvalue weighted by molar-refractivity contribution is 5.25. The highest BCUT2D eigenvalue weighted by atomic mass is 19.4. The summed E-state index contributed by atoms with van der Waals surface area (Å²) in [6.45, 7) is 3.29. The summed E-state index contributed by atoms with van der Waals surface area (Å²) in [4.78, 5) is 0. The van der Waals surface area contributed by atoms with Crippen molar-refractivity contribution in [1.29, 1.82) is 0 Å². The number of benzene rings is 1. The third-order valence-electron chi connectivity index (χ3n) is 2.54. The number of rotatable bonds is 8. The minimum Gasteiger partial charge on any atom is -0.383 e. The molecule has 0 saturated carbocycles. The SMILES string of the molecule is COCCNCCNCc1cccc(C(F)(F)F)c1. The fourth-order valence-electron chi connectivity index (χ4n) is 1.57. The van der Waals surface area contributed by atoms with E-state index < -0.39 is 11.7 Å². The highest BCUT2D eigenvalue weighted by Gasteiger charge is 2.30. The quantitative estimate of drug-likeness (QED) is 0.713. The average molecular weight is 276 g/mol. The second-order valence-electron chi connectivity index (χ2n) is 4.12. The Morgan fingerprint density at radius 1 is 1.11 bits per heavy atom. The predicted octanol–water partition coefficient (Wildman–Crippen LogP) is 2.03. The van der Waals surface area contributed by atoms with Crippen molar-refractivity contribution in [3.63, 3.8) is 0 Å². The number of nitrogens with one attached hydrogen (secondary N) is 2. The van der Waals surface area contributed by atoms with Gasteiger partial charge in [0.15, 0.2) is 0 Å². The monoisotopic (exact) mass is 276 g/mol. The third kappa shape index (κ3) is 6.56. The Bertz CT molecular complexity index is 369. The van der Waals surface area contributed by atoms with E-state index in [0.717, 1.165) is 19.2 Å². The first-order chi connectivity index (χ1) is 9.04. The molecule has 0 aliphatic carbocycles. The number of hydrogen-bond acceptors (Lipinski definition) is 3. The molecule has 0 amide bonds. The molecule has 0 radical (unpaired) electrons. The molecule has 19 heavy (non-hydrogen) atoms. The Labute approximate surface area is 111 Å². The first-order valence-electron chi connectivity index (χ1n) is 6.10. The van der Waals surface area contributed by atoms with E-state index in [0.29, 0.717) is 25.3 Å². The average Bonchev–Trinajstić information content (AvgIpc) is 2.37. The third-order valence-corrected chi connectivity index (χ3v) is 2.54. The molecule has 6 heteroatoms. The van der Waals surface area contributed by atoms with E-state index in [-0.39, 0.29) is 0 Å². The van der Waals surface area contributed by atoms with Gasteiger partial charge in [-0.15, -0.1) is 0 Å². The van der Waals surface area contributed by atoms with Gasteiger partial charge in [0.05, 0.1) is 12.2 Å². The lowest BCUT2D eigenvalue weighted by molar-refractivity contribution is -0.137. The molecular weight excluding hydrogens is 257 g/mol. The molecule has 0 unspecified atom stereocenters. The molecule has 0 aliphatic rings. The lowest BCUT2D eigenvalue weighted by atomic mass is 10.1. The molecule has 0 aromatic heterocycles. The van der Waals surface area contributed by atoms with E-state index in [1.54, 1.807) is 13.2 Å². The first-order valence-corrected chi connectivity index (χ1v) is 6.10. The van der Waals surface area contributed by atoms with Gasteiger partial charge in [-0.25, -0.2) is 0 Å². The van der Waals surface area contributed by atoms with Gasteiger partial charge in [0.1, 0.15) is 0 Å². The van der Waals surface area contributed by atoms with Crippen LogP contribution >= 0.6 is 0 Å². The molecule has 1 rings (SSSR count). The van der Waals surface area contributed by atoms with Crippen molar-refractivity contribution < 1.29 is 17.9 Å². The second kappa shape index (κ2) is 8.14. The molecule has 108 valence electrons. The van der Waals surface area contributed by atoms with Gasteiger partial charge in [0.2, 0.25) is 0 Å². The molecule has 2 N–H and O–H groups in total. The van der Waals surface area contributed by atoms with Crippen LogP contribution in [0.15, 0.2) is 24.3 Å². The lowest BCUT2D eigenvalue weighted by Crippen LogP contribution is -2.29. The van der Waals surface area contributed by atoms with E-state index >= 15 is 0 Å². The second-order valence-corrected chi connectivity index (χ2v) is 4.12. The summed E-state index contributed by atoms with van der Waals surface area (Å²) in [6.07, 6.45) is -4.28. The Balaban J connectivity index is 2.26. The Morgan fingerprint density at radius 3 is 2.53 bits per heavy atom. The van der Waals surface area contributed by atoms with E-state index in [4.69, 9.17) is 4.74 Å². The maximum absolute atomic E-state index is 12.5. The van der Waals surface area contributed by atoms with Gasteiger partial charge >= 0.3 is 6.18 Å². The van der Waals surface area contributed by atoms with Crippen molar-refractivity contribution in [3.05, 3.63) is 35.4 Å². The van der Waals surface area contributed by atoms with Crippen molar-refractivity contribution in [2.45, 2.75) is 12.7 Å². The van der Waals surface area contributed by atoms with Gasteiger partial charge in [0, 0.05) is 33.3 Å². The number of methoxy groups -OCH3 is 1. The topological polar surface area (TPSA) is 33.3 Å². The van der Waals surface area contributed by atoms with Gasteiger partial charge < -0.3 is 15.4 Å². The summed E-state index contributed by atoms with van der Waals surface area (Å²) in [5.41, 5.74) is 0.0248. The van der Waals surface area contributed by atoms with Gasteiger partial charge in [-0.2, -0.15) is 13.2 Å². The number of hydrogen-bond donors (Lipinski definition) is 2. The molecule has 1 aromatic carbocycles. The molecule has 0 atom stereocenters. The Hall–Kier alpha value is -1.11. The Morgan fingerprint density at radius 2 is 1.84 bits per heavy atom. The van der Waals surface area contributed by atoms with E-state index in [1.165, 1.54) is 12.1 Å². The van der Waals surface area contributed by atoms with Crippen LogP contribution in [0.4, 0.5) is 13.2 Å². The summed E-state index contributed by atoms with van der Waals surface area (Å²) >= 11 is 0. The van der Waals surface area contributed by atoms with E-state index in [1.807, 2.05) is 0 Å². The highest BCUT2D eigenvalue weighted by Crippen LogP contribution is 2.29. The molecule has 0 heterocycles. The smallest absolute Gasteiger partial charge is 0.383 e. The predicted molar refractivity (Wildman–Crippen MR) is 67.9 cm³/mol. The molecule has 0 aliphatic heterocycles. The van der Waals surface area contributed by atoms with E-state index in [9.17, 15) is 13.2 Å².